The molecule has 0 atom stereocenters. The fourth-order valence-electron chi connectivity index (χ4n) is 4.20. The van der Waals surface area contributed by atoms with E-state index < -0.39 is 0 Å². The molecule has 0 heterocycles. The maximum Gasteiger partial charge on any atom is 0.0334 e. The molecule has 2 rings (SSSR count). The van der Waals surface area contributed by atoms with Crippen molar-refractivity contribution >= 4 is 0 Å². The fraction of sp³-hybridized carbons (Fsp3) is 1.00. The number of nitrogens with zero attached hydrogens (tertiary/aromatic N) is 1. The third kappa shape index (κ3) is 2.75. The van der Waals surface area contributed by atoms with E-state index in [9.17, 15) is 0 Å². The van der Waals surface area contributed by atoms with Crippen LogP contribution in [0.4, 0.5) is 0 Å². The Morgan fingerprint density at radius 3 is 2.06 bits per heavy atom. The molecule has 18 heavy (non-hydrogen) atoms. The summed E-state index contributed by atoms with van der Waals surface area (Å²) >= 11 is 0. The van der Waals surface area contributed by atoms with Gasteiger partial charge in [0.25, 0.3) is 0 Å². The Hall–Kier alpha value is -0.0800. The maximum absolute atomic E-state index is 6.23. The van der Waals surface area contributed by atoms with Gasteiger partial charge in [-0.2, -0.15) is 0 Å². The molecule has 106 valence electrons. The molecule has 0 aromatic heterocycles. The maximum atomic E-state index is 6.23. The molecule has 0 bridgehead atoms. The molecular formula is C16H32N2. The van der Waals surface area contributed by atoms with Gasteiger partial charge in [-0.15, -0.1) is 0 Å². The lowest BCUT2D eigenvalue weighted by molar-refractivity contribution is -0.00200. The van der Waals surface area contributed by atoms with Crippen LogP contribution in [0.3, 0.4) is 0 Å². The Morgan fingerprint density at radius 1 is 1.06 bits per heavy atom. The van der Waals surface area contributed by atoms with Crippen LogP contribution in [0, 0.1) is 5.41 Å². The molecule has 2 aliphatic rings. The lowest BCUT2D eigenvalue weighted by Crippen LogP contribution is -2.59. The van der Waals surface area contributed by atoms with E-state index in [1.165, 1.54) is 57.9 Å². The molecular weight excluding hydrogens is 220 g/mol. The van der Waals surface area contributed by atoms with Crippen molar-refractivity contribution in [2.24, 2.45) is 11.1 Å². The Kier molecular flexibility index (Phi) is 4.38. The average molecular weight is 252 g/mol. The Balaban J connectivity index is 2.10. The summed E-state index contributed by atoms with van der Waals surface area (Å²) in [5.41, 5.74) is 7.08. The highest BCUT2D eigenvalue weighted by atomic mass is 15.2. The quantitative estimate of drug-likeness (QED) is 0.829. The molecule has 2 fully saturated rings. The van der Waals surface area contributed by atoms with Gasteiger partial charge in [0.1, 0.15) is 0 Å². The number of nitrogens with two attached hydrogens (primary N) is 1. The highest BCUT2D eigenvalue weighted by Gasteiger charge is 2.43. The largest absolute Gasteiger partial charge is 0.329 e. The van der Waals surface area contributed by atoms with Gasteiger partial charge in [0.05, 0.1) is 0 Å². The summed E-state index contributed by atoms with van der Waals surface area (Å²) in [5.74, 6) is 0. The van der Waals surface area contributed by atoms with Crippen LogP contribution in [0.1, 0.15) is 72.1 Å². The molecule has 2 nitrogen and oxygen atoms in total. The summed E-state index contributed by atoms with van der Waals surface area (Å²) < 4.78 is 0. The van der Waals surface area contributed by atoms with Crippen molar-refractivity contribution in [2.45, 2.75) is 83.7 Å². The SMILES string of the molecule is CCN(C1CCCC1)C1(CN)CCC(C)(C)CC1. The molecule has 0 amide bonds. The van der Waals surface area contributed by atoms with Crippen molar-refractivity contribution in [1.29, 1.82) is 0 Å². The molecule has 0 aromatic carbocycles. The van der Waals surface area contributed by atoms with E-state index in [2.05, 4.69) is 25.7 Å². The highest BCUT2D eigenvalue weighted by Crippen LogP contribution is 2.44. The smallest absolute Gasteiger partial charge is 0.0334 e. The van der Waals surface area contributed by atoms with Crippen LogP contribution in [0.25, 0.3) is 0 Å². The van der Waals surface area contributed by atoms with Crippen molar-refractivity contribution in [1.82, 2.24) is 4.90 Å². The van der Waals surface area contributed by atoms with E-state index >= 15 is 0 Å². The minimum absolute atomic E-state index is 0.319. The third-order valence-corrected chi connectivity index (χ3v) is 5.63. The molecule has 2 N–H and O–H groups in total. The van der Waals surface area contributed by atoms with E-state index in [0.29, 0.717) is 11.0 Å². The monoisotopic (exact) mass is 252 g/mol. The minimum Gasteiger partial charge on any atom is -0.329 e. The molecule has 0 aliphatic heterocycles. The standard InChI is InChI=1S/C16H32N2/c1-4-18(14-7-5-6-8-14)16(13-17)11-9-15(2,3)10-12-16/h14H,4-13,17H2,1-3H3. The molecule has 0 radical (unpaired) electrons. The van der Waals surface area contributed by atoms with Gasteiger partial charge in [-0.1, -0.05) is 33.6 Å². The van der Waals surface area contributed by atoms with Crippen molar-refractivity contribution in [2.75, 3.05) is 13.1 Å². The second kappa shape index (κ2) is 5.50. The van der Waals surface area contributed by atoms with Gasteiger partial charge in [0, 0.05) is 18.1 Å². The zero-order valence-electron chi connectivity index (χ0n) is 12.7. The third-order valence-electron chi connectivity index (χ3n) is 5.63. The predicted molar refractivity (Wildman–Crippen MR) is 78.7 cm³/mol. The Bertz CT molecular complexity index is 256. The lowest BCUT2D eigenvalue weighted by Gasteiger charge is -2.51. The van der Waals surface area contributed by atoms with Gasteiger partial charge in [0.15, 0.2) is 0 Å². The topological polar surface area (TPSA) is 29.3 Å². The summed E-state index contributed by atoms with van der Waals surface area (Å²) in [7, 11) is 0. The van der Waals surface area contributed by atoms with Crippen LogP contribution < -0.4 is 5.73 Å². The molecule has 2 heteroatoms. The summed E-state index contributed by atoms with van der Waals surface area (Å²) in [5, 5.41) is 0. The van der Waals surface area contributed by atoms with E-state index in [0.717, 1.165) is 12.6 Å². The summed E-state index contributed by atoms with van der Waals surface area (Å²) in [6, 6.07) is 0.819. The molecule has 0 aromatic rings. The zero-order chi connectivity index (χ0) is 13.2. The number of rotatable bonds is 4. The van der Waals surface area contributed by atoms with Crippen molar-refractivity contribution in [3.8, 4) is 0 Å². The number of hydrogen-bond acceptors (Lipinski definition) is 2. The van der Waals surface area contributed by atoms with Crippen LogP contribution in [0.15, 0.2) is 0 Å². The van der Waals surface area contributed by atoms with Crippen LogP contribution in [0.5, 0.6) is 0 Å². The van der Waals surface area contributed by atoms with Crippen LogP contribution in [-0.2, 0) is 0 Å². The summed E-state index contributed by atoms with van der Waals surface area (Å²) in [6.45, 7) is 9.20. The van der Waals surface area contributed by atoms with Gasteiger partial charge in [-0.25, -0.2) is 0 Å². The zero-order valence-corrected chi connectivity index (χ0v) is 12.7. The van der Waals surface area contributed by atoms with Crippen LogP contribution in [-0.4, -0.2) is 29.6 Å². The van der Waals surface area contributed by atoms with E-state index in [1.54, 1.807) is 0 Å². The van der Waals surface area contributed by atoms with E-state index in [4.69, 9.17) is 5.73 Å². The van der Waals surface area contributed by atoms with Gasteiger partial charge < -0.3 is 5.73 Å². The normalized spacial score (nSPS) is 27.8. The van der Waals surface area contributed by atoms with Gasteiger partial charge in [0.2, 0.25) is 0 Å². The van der Waals surface area contributed by atoms with Gasteiger partial charge in [-0.05, 0) is 50.5 Å². The molecule has 2 saturated carbocycles. The van der Waals surface area contributed by atoms with Gasteiger partial charge in [-0.3, -0.25) is 4.90 Å². The Labute approximate surface area is 113 Å². The van der Waals surface area contributed by atoms with E-state index in [1.807, 2.05) is 0 Å². The molecule has 0 saturated heterocycles. The molecule has 0 unspecified atom stereocenters. The molecule has 0 spiro atoms. The first-order valence-electron chi connectivity index (χ1n) is 8.00. The fourth-order valence-corrected chi connectivity index (χ4v) is 4.20. The number of hydrogen-bond donors (Lipinski definition) is 1. The lowest BCUT2D eigenvalue weighted by atomic mass is 9.68. The minimum atomic E-state index is 0.319. The first-order valence-corrected chi connectivity index (χ1v) is 8.00. The van der Waals surface area contributed by atoms with Crippen molar-refractivity contribution < 1.29 is 0 Å². The second-order valence-electron chi connectivity index (χ2n) is 7.32. The average Bonchev–Trinajstić information content (AvgIpc) is 2.86. The van der Waals surface area contributed by atoms with E-state index in [-0.39, 0.29) is 0 Å². The van der Waals surface area contributed by atoms with Gasteiger partial charge >= 0.3 is 0 Å². The first kappa shape index (κ1) is 14.3. The van der Waals surface area contributed by atoms with Crippen LogP contribution >= 0.6 is 0 Å². The van der Waals surface area contributed by atoms with Crippen LogP contribution in [0.2, 0.25) is 0 Å². The first-order chi connectivity index (χ1) is 8.53. The highest BCUT2D eigenvalue weighted by molar-refractivity contribution is 5.00. The van der Waals surface area contributed by atoms with Crippen molar-refractivity contribution in [3.05, 3.63) is 0 Å². The second-order valence-corrected chi connectivity index (χ2v) is 7.32. The predicted octanol–water partition coefficient (Wildman–Crippen LogP) is 3.55. The number of likely N-dealkylation sites (N-methyl/N-ethyl adjacent to an activating group) is 1. The summed E-state index contributed by atoms with van der Waals surface area (Å²) in [6.07, 6.45) is 10.9. The molecule has 2 aliphatic carbocycles. The summed E-state index contributed by atoms with van der Waals surface area (Å²) in [4.78, 5) is 2.79. The van der Waals surface area contributed by atoms with Crippen molar-refractivity contribution in [3.63, 3.8) is 0 Å². The Morgan fingerprint density at radius 2 is 1.61 bits per heavy atom.